The molecule has 0 bridgehead atoms. The molecule has 0 unspecified atom stereocenters. The van der Waals surface area contributed by atoms with Crippen molar-refractivity contribution >= 4 is 18.2 Å². The van der Waals surface area contributed by atoms with Gasteiger partial charge in [0.25, 0.3) is 0 Å². The molecule has 0 spiro atoms. The lowest BCUT2D eigenvalue weighted by Crippen LogP contribution is -2.39. The van der Waals surface area contributed by atoms with E-state index in [1.54, 1.807) is 12.1 Å². The fraction of sp³-hybridized carbons (Fsp3) is 0.250. The van der Waals surface area contributed by atoms with E-state index in [2.05, 4.69) is 6.58 Å². The van der Waals surface area contributed by atoms with Gasteiger partial charge in [-0.05, 0) is 73.9 Å². The number of phenolic OH excluding ortho intramolecular Hbond substituents is 1. The molecule has 0 atom stereocenters. The van der Waals surface area contributed by atoms with Gasteiger partial charge in [0, 0.05) is 19.4 Å². The minimum Gasteiger partial charge on any atom is -0.508 e. The van der Waals surface area contributed by atoms with Gasteiger partial charge in [-0.2, -0.15) is 0 Å². The van der Waals surface area contributed by atoms with Gasteiger partial charge < -0.3 is 19.3 Å². The number of hydrogen-bond acceptors (Lipinski definition) is 4. The lowest BCUT2D eigenvalue weighted by atomic mass is 10.1. The lowest BCUT2D eigenvalue weighted by Gasteiger charge is -2.33. The minimum absolute atomic E-state index is 0.192. The molecule has 3 aromatic rings. The van der Waals surface area contributed by atoms with Crippen LogP contribution < -0.4 is 4.74 Å². The smallest absolute Gasteiger partial charge is 0.205 e. The number of aromatic hydroxyl groups is 1. The van der Waals surface area contributed by atoms with E-state index in [-0.39, 0.29) is 18.0 Å². The second kappa shape index (κ2) is 11.8. The molecule has 0 amide bonds. The van der Waals surface area contributed by atoms with Gasteiger partial charge in [-0.3, -0.25) is 0 Å². The summed E-state index contributed by atoms with van der Waals surface area (Å²) in [5, 5.41) is 10.2. The number of ether oxygens (including phenoxy) is 3. The molecule has 0 aromatic heterocycles. The molecule has 3 aromatic carbocycles. The summed E-state index contributed by atoms with van der Waals surface area (Å²) >= 11 is 0. The summed E-state index contributed by atoms with van der Waals surface area (Å²) in [4.78, 5) is 0. The number of rotatable bonds is 10. The van der Waals surface area contributed by atoms with Crippen LogP contribution in [0.1, 0.15) is 56.9 Å². The van der Waals surface area contributed by atoms with Crippen LogP contribution in [0, 0.1) is 0 Å². The molecule has 0 heterocycles. The Bertz CT molecular complexity index is 1200. The SMILES string of the molecule is C=Cc1ccc(O)c(COC(C=Cc2ccc(OC(C)(C)OC(C)(C)C)cc2)=Cc2ccccc2)c1. The van der Waals surface area contributed by atoms with Crippen LogP contribution in [0.15, 0.2) is 91.2 Å². The quantitative estimate of drug-likeness (QED) is 0.179. The first kappa shape index (κ1) is 26.8. The van der Waals surface area contributed by atoms with Crippen LogP contribution in [-0.2, 0) is 16.1 Å². The topological polar surface area (TPSA) is 47.9 Å². The molecule has 0 aliphatic carbocycles. The third-order valence-corrected chi connectivity index (χ3v) is 5.08. The molecular weight excluding hydrogens is 448 g/mol. The first-order valence-electron chi connectivity index (χ1n) is 12.0. The van der Waals surface area contributed by atoms with E-state index in [9.17, 15) is 5.11 Å². The highest BCUT2D eigenvalue weighted by molar-refractivity contribution is 5.60. The van der Waals surface area contributed by atoms with Gasteiger partial charge in [-0.1, -0.05) is 67.3 Å². The minimum atomic E-state index is -0.747. The molecule has 3 rings (SSSR count). The normalized spacial score (nSPS) is 12.5. The Hall–Kier alpha value is -3.76. The van der Waals surface area contributed by atoms with Crippen molar-refractivity contribution in [2.24, 2.45) is 0 Å². The first-order chi connectivity index (χ1) is 17.0. The van der Waals surface area contributed by atoms with Crippen molar-refractivity contribution in [1.29, 1.82) is 0 Å². The van der Waals surface area contributed by atoms with Crippen molar-refractivity contribution in [1.82, 2.24) is 0 Å². The molecule has 36 heavy (non-hydrogen) atoms. The summed E-state index contributed by atoms with van der Waals surface area (Å²) < 4.78 is 18.1. The maximum Gasteiger partial charge on any atom is 0.205 e. The molecule has 0 fully saturated rings. The Morgan fingerprint density at radius 2 is 1.53 bits per heavy atom. The lowest BCUT2D eigenvalue weighted by molar-refractivity contribution is -0.213. The summed E-state index contributed by atoms with van der Waals surface area (Å²) in [5.41, 5.74) is 3.33. The maximum absolute atomic E-state index is 10.2. The Morgan fingerprint density at radius 3 is 2.17 bits per heavy atom. The molecule has 4 nitrogen and oxygen atoms in total. The third-order valence-electron chi connectivity index (χ3n) is 5.08. The van der Waals surface area contributed by atoms with Crippen molar-refractivity contribution in [2.75, 3.05) is 0 Å². The summed E-state index contributed by atoms with van der Waals surface area (Å²) in [6.07, 6.45) is 7.61. The van der Waals surface area contributed by atoms with Crippen LogP contribution in [0.25, 0.3) is 18.2 Å². The summed E-state index contributed by atoms with van der Waals surface area (Å²) in [6, 6.07) is 23.1. The maximum atomic E-state index is 10.2. The largest absolute Gasteiger partial charge is 0.508 e. The molecule has 4 heteroatoms. The molecule has 0 radical (unpaired) electrons. The van der Waals surface area contributed by atoms with E-state index in [1.807, 2.05) is 120 Å². The molecule has 1 N–H and O–H groups in total. The average molecular weight is 485 g/mol. The van der Waals surface area contributed by atoms with Crippen LogP contribution in [0.4, 0.5) is 0 Å². The average Bonchev–Trinajstić information content (AvgIpc) is 2.81. The van der Waals surface area contributed by atoms with Gasteiger partial charge >= 0.3 is 0 Å². The van der Waals surface area contributed by atoms with E-state index < -0.39 is 5.79 Å². The molecule has 0 saturated heterocycles. The van der Waals surface area contributed by atoms with Crippen molar-refractivity contribution in [3.63, 3.8) is 0 Å². The van der Waals surface area contributed by atoms with Crippen LogP contribution in [0.5, 0.6) is 11.5 Å². The Kier molecular flexibility index (Phi) is 8.78. The monoisotopic (exact) mass is 484 g/mol. The van der Waals surface area contributed by atoms with Crippen molar-refractivity contribution in [2.45, 2.75) is 52.6 Å². The van der Waals surface area contributed by atoms with Crippen molar-refractivity contribution in [3.05, 3.63) is 113 Å². The Balaban J connectivity index is 1.75. The Morgan fingerprint density at radius 1 is 0.861 bits per heavy atom. The van der Waals surface area contributed by atoms with Gasteiger partial charge in [0.15, 0.2) is 0 Å². The van der Waals surface area contributed by atoms with Crippen LogP contribution in [-0.4, -0.2) is 16.5 Å². The number of allylic oxidation sites excluding steroid dienone is 1. The summed E-state index contributed by atoms with van der Waals surface area (Å²) in [6.45, 7) is 13.9. The van der Waals surface area contributed by atoms with E-state index in [0.717, 1.165) is 22.4 Å². The molecule has 0 aliphatic heterocycles. The highest BCUT2D eigenvalue weighted by atomic mass is 16.7. The number of benzene rings is 3. The van der Waals surface area contributed by atoms with Crippen LogP contribution in [0.2, 0.25) is 0 Å². The van der Waals surface area contributed by atoms with E-state index in [4.69, 9.17) is 14.2 Å². The first-order valence-corrected chi connectivity index (χ1v) is 12.0. The van der Waals surface area contributed by atoms with Gasteiger partial charge in [-0.15, -0.1) is 0 Å². The summed E-state index contributed by atoms with van der Waals surface area (Å²) in [5.74, 6) is 0.848. The van der Waals surface area contributed by atoms with E-state index in [0.29, 0.717) is 11.3 Å². The number of phenols is 1. The van der Waals surface area contributed by atoms with Crippen molar-refractivity contribution in [3.8, 4) is 11.5 Å². The predicted octanol–water partition coefficient (Wildman–Crippen LogP) is 8.24. The van der Waals surface area contributed by atoms with Gasteiger partial charge in [0.2, 0.25) is 5.79 Å². The predicted molar refractivity (Wildman–Crippen MR) is 148 cm³/mol. The zero-order valence-electron chi connectivity index (χ0n) is 21.8. The second-order valence-corrected chi connectivity index (χ2v) is 9.96. The van der Waals surface area contributed by atoms with Crippen LogP contribution in [0.3, 0.4) is 0 Å². The van der Waals surface area contributed by atoms with Gasteiger partial charge in [0.1, 0.15) is 23.9 Å². The van der Waals surface area contributed by atoms with Crippen molar-refractivity contribution < 1.29 is 19.3 Å². The highest BCUT2D eigenvalue weighted by Gasteiger charge is 2.27. The fourth-order valence-corrected chi connectivity index (χ4v) is 3.73. The standard InChI is InChI=1S/C32H36O4/c1-7-24-16-20-30(33)27(21-24)23-34-29(22-26-11-9-8-10-12-26)19-15-25-13-17-28(18-14-25)35-32(5,6)36-31(2,3)4/h7-22,33H,1,23H2,2-6H3. The fourth-order valence-electron chi connectivity index (χ4n) is 3.73. The second-order valence-electron chi connectivity index (χ2n) is 9.96. The Labute approximate surface area is 215 Å². The van der Waals surface area contributed by atoms with Gasteiger partial charge in [-0.25, -0.2) is 0 Å². The van der Waals surface area contributed by atoms with E-state index in [1.165, 1.54) is 0 Å². The molecule has 188 valence electrons. The zero-order chi connectivity index (χ0) is 26.2. The highest BCUT2D eigenvalue weighted by Crippen LogP contribution is 2.26. The number of hydrogen-bond donors (Lipinski definition) is 1. The molecule has 0 aliphatic rings. The molecular formula is C32H36O4. The molecule has 0 saturated carbocycles. The third kappa shape index (κ3) is 8.79. The van der Waals surface area contributed by atoms with Crippen LogP contribution >= 0.6 is 0 Å². The zero-order valence-corrected chi connectivity index (χ0v) is 21.8. The van der Waals surface area contributed by atoms with Gasteiger partial charge in [0.05, 0.1) is 5.60 Å². The summed E-state index contributed by atoms with van der Waals surface area (Å²) in [7, 11) is 0. The van der Waals surface area contributed by atoms with E-state index >= 15 is 0 Å².